The minimum atomic E-state index is -3.86. The first kappa shape index (κ1) is 20.6. The predicted octanol–water partition coefficient (Wildman–Crippen LogP) is 2.58. The fourth-order valence-corrected chi connectivity index (χ4v) is 4.38. The Morgan fingerprint density at radius 1 is 1.42 bits per heavy atom. The monoisotopic (exact) mass is 381 g/mol. The zero-order valence-electron chi connectivity index (χ0n) is 15.3. The van der Waals surface area contributed by atoms with Crippen molar-refractivity contribution in [3.05, 3.63) is 42.5 Å². The Morgan fingerprint density at radius 3 is 2.73 bits per heavy atom. The van der Waals surface area contributed by atoms with Gasteiger partial charge in [0.15, 0.2) is 0 Å². The predicted molar refractivity (Wildman–Crippen MR) is 99.2 cm³/mol. The van der Waals surface area contributed by atoms with Crippen LogP contribution in [0.1, 0.15) is 31.7 Å². The third-order valence-corrected chi connectivity index (χ3v) is 5.93. The van der Waals surface area contributed by atoms with Gasteiger partial charge in [-0.15, -0.1) is 6.58 Å². The van der Waals surface area contributed by atoms with Gasteiger partial charge in [0, 0.05) is 12.5 Å². The molecule has 144 valence electrons. The molecule has 1 fully saturated rings. The first-order valence-corrected chi connectivity index (χ1v) is 10.4. The van der Waals surface area contributed by atoms with Crippen LogP contribution in [0.3, 0.4) is 0 Å². The number of ether oxygens (including phenoxy) is 2. The summed E-state index contributed by atoms with van der Waals surface area (Å²) in [6.45, 7) is 8.08. The van der Waals surface area contributed by atoms with Gasteiger partial charge in [-0.3, -0.25) is 4.79 Å². The molecule has 6 nitrogen and oxygen atoms in total. The molecule has 0 bridgehead atoms. The topological polar surface area (TPSA) is 81.7 Å². The second kappa shape index (κ2) is 9.30. The second-order valence-corrected chi connectivity index (χ2v) is 8.12. The molecule has 0 radical (unpaired) electrons. The SMILES string of the molecule is C=CC[C@H]1OCCC[C@H]1[C@@H](NS(=O)(=O)c1ccc(C)cc1)C(=O)OCC. The molecular formula is C19H27NO5S. The number of hydrogen-bond acceptors (Lipinski definition) is 5. The van der Waals surface area contributed by atoms with Gasteiger partial charge in [0.05, 0.1) is 17.6 Å². The zero-order valence-corrected chi connectivity index (χ0v) is 16.1. The Kier molecular flexibility index (Phi) is 7.37. The van der Waals surface area contributed by atoms with Crippen LogP contribution in [0.15, 0.2) is 41.8 Å². The lowest BCUT2D eigenvalue weighted by Crippen LogP contribution is -2.52. The number of carbonyl (C=O) groups excluding carboxylic acids is 1. The number of esters is 1. The van der Waals surface area contributed by atoms with Gasteiger partial charge >= 0.3 is 5.97 Å². The highest BCUT2D eigenvalue weighted by atomic mass is 32.2. The van der Waals surface area contributed by atoms with Gasteiger partial charge < -0.3 is 9.47 Å². The fourth-order valence-electron chi connectivity index (χ4n) is 3.15. The lowest BCUT2D eigenvalue weighted by atomic mass is 9.86. The van der Waals surface area contributed by atoms with E-state index in [1.807, 2.05) is 6.92 Å². The van der Waals surface area contributed by atoms with Crippen molar-refractivity contribution in [3.8, 4) is 0 Å². The minimum absolute atomic E-state index is 0.120. The number of benzene rings is 1. The molecule has 26 heavy (non-hydrogen) atoms. The number of rotatable bonds is 8. The van der Waals surface area contributed by atoms with Crippen molar-refractivity contribution in [2.45, 2.75) is 50.2 Å². The molecule has 0 amide bonds. The molecule has 1 aromatic carbocycles. The molecule has 1 aliphatic rings. The maximum atomic E-state index is 12.8. The molecule has 0 spiro atoms. The quantitative estimate of drug-likeness (QED) is 0.553. The van der Waals surface area contributed by atoms with Crippen molar-refractivity contribution in [3.63, 3.8) is 0 Å². The van der Waals surface area contributed by atoms with E-state index >= 15 is 0 Å². The van der Waals surface area contributed by atoms with Gasteiger partial charge in [0.1, 0.15) is 6.04 Å². The van der Waals surface area contributed by atoms with Crippen molar-refractivity contribution in [2.75, 3.05) is 13.2 Å². The van der Waals surface area contributed by atoms with Gasteiger partial charge in [0.25, 0.3) is 0 Å². The lowest BCUT2D eigenvalue weighted by Gasteiger charge is -2.35. The Morgan fingerprint density at radius 2 is 2.12 bits per heavy atom. The van der Waals surface area contributed by atoms with E-state index in [-0.39, 0.29) is 23.5 Å². The summed E-state index contributed by atoms with van der Waals surface area (Å²) in [5.74, 6) is -0.881. The van der Waals surface area contributed by atoms with Gasteiger partial charge in [0.2, 0.25) is 10.0 Å². The van der Waals surface area contributed by atoms with E-state index in [2.05, 4.69) is 11.3 Å². The third-order valence-electron chi connectivity index (χ3n) is 4.47. The van der Waals surface area contributed by atoms with Crippen molar-refractivity contribution in [1.82, 2.24) is 4.72 Å². The van der Waals surface area contributed by atoms with Gasteiger partial charge in [-0.05, 0) is 45.2 Å². The third kappa shape index (κ3) is 5.16. The molecule has 1 saturated heterocycles. The number of carbonyl (C=O) groups is 1. The fraction of sp³-hybridized carbons (Fsp3) is 0.526. The second-order valence-electron chi connectivity index (χ2n) is 6.40. The summed E-state index contributed by atoms with van der Waals surface area (Å²) in [6.07, 6.45) is 3.45. The highest BCUT2D eigenvalue weighted by molar-refractivity contribution is 7.89. The van der Waals surface area contributed by atoms with Gasteiger partial charge in [-0.2, -0.15) is 4.72 Å². The molecular weight excluding hydrogens is 354 g/mol. The summed E-state index contributed by atoms with van der Waals surface area (Å²) < 4.78 is 39.0. The highest BCUT2D eigenvalue weighted by Crippen LogP contribution is 2.28. The first-order chi connectivity index (χ1) is 12.4. The summed E-state index contributed by atoms with van der Waals surface area (Å²) in [6, 6.07) is 5.50. The Labute approximate surface area is 155 Å². The first-order valence-electron chi connectivity index (χ1n) is 8.87. The van der Waals surface area contributed by atoms with Crippen LogP contribution in [0.2, 0.25) is 0 Å². The summed E-state index contributed by atoms with van der Waals surface area (Å²) in [7, 11) is -3.86. The number of nitrogens with one attached hydrogen (secondary N) is 1. The van der Waals surface area contributed by atoms with Crippen LogP contribution >= 0.6 is 0 Å². The van der Waals surface area contributed by atoms with Crippen molar-refractivity contribution in [1.29, 1.82) is 0 Å². The normalized spacial score (nSPS) is 21.8. The highest BCUT2D eigenvalue weighted by Gasteiger charge is 2.39. The number of aryl methyl sites for hydroxylation is 1. The van der Waals surface area contributed by atoms with Crippen molar-refractivity contribution in [2.24, 2.45) is 5.92 Å². The van der Waals surface area contributed by atoms with Crippen LogP contribution in [-0.2, 0) is 24.3 Å². The molecule has 1 aromatic rings. The molecule has 1 aliphatic heterocycles. The zero-order chi connectivity index (χ0) is 19.2. The minimum Gasteiger partial charge on any atom is -0.465 e. The van der Waals surface area contributed by atoms with E-state index in [0.29, 0.717) is 19.4 Å². The van der Waals surface area contributed by atoms with Crippen molar-refractivity contribution >= 4 is 16.0 Å². The van der Waals surface area contributed by atoms with E-state index < -0.39 is 22.0 Å². The molecule has 0 aromatic heterocycles. The van der Waals surface area contributed by atoms with E-state index in [9.17, 15) is 13.2 Å². The lowest BCUT2D eigenvalue weighted by molar-refractivity contribution is -0.150. The molecule has 0 unspecified atom stereocenters. The van der Waals surface area contributed by atoms with E-state index in [4.69, 9.17) is 9.47 Å². The average Bonchev–Trinajstić information content (AvgIpc) is 2.61. The van der Waals surface area contributed by atoms with E-state index in [0.717, 1.165) is 12.0 Å². The number of sulfonamides is 1. The molecule has 0 aliphatic carbocycles. The maximum Gasteiger partial charge on any atom is 0.324 e. The van der Waals surface area contributed by atoms with E-state index in [1.54, 1.807) is 25.1 Å². The van der Waals surface area contributed by atoms with Gasteiger partial charge in [-0.25, -0.2) is 8.42 Å². The van der Waals surface area contributed by atoms with Crippen LogP contribution in [-0.4, -0.2) is 39.7 Å². The Balaban J connectivity index is 2.30. The summed E-state index contributed by atoms with van der Waals surface area (Å²) in [5, 5.41) is 0. The van der Waals surface area contributed by atoms with Crippen LogP contribution < -0.4 is 4.72 Å². The average molecular weight is 381 g/mol. The Hall–Kier alpha value is -1.70. The molecule has 0 saturated carbocycles. The summed E-state index contributed by atoms with van der Waals surface area (Å²) in [5.41, 5.74) is 0.956. The molecule has 1 heterocycles. The van der Waals surface area contributed by atoms with E-state index in [1.165, 1.54) is 12.1 Å². The van der Waals surface area contributed by atoms with Crippen molar-refractivity contribution < 1.29 is 22.7 Å². The van der Waals surface area contributed by atoms with Crippen LogP contribution in [0.25, 0.3) is 0 Å². The summed E-state index contributed by atoms with van der Waals surface area (Å²) in [4.78, 5) is 12.6. The van der Waals surface area contributed by atoms with Crippen LogP contribution in [0, 0.1) is 12.8 Å². The molecule has 3 atom stereocenters. The molecule has 2 rings (SSSR count). The largest absolute Gasteiger partial charge is 0.465 e. The standard InChI is InChI=1S/C19H27NO5S/c1-4-7-17-16(8-6-13-25-17)18(19(21)24-5-2)20-26(22,23)15-11-9-14(3)10-12-15/h4,9-12,16-18,20H,1,5-8,13H2,2-3H3/t16-,17-,18-/m1/s1. The van der Waals surface area contributed by atoms with Gasteiger partial charge in [-0.1, -0.05) is 23.8 Å². The smallest absolute Gasteiger partial charge is 0.324 e. The molecule has 1 N–H and O–H groups in total. The Bertz CT molecular complexity index is 714. The van der Waals surface area contributed by atoms with Crippen LogP contribution in [0.5, 0.6) is 0 Å². The van der Waals surface area contributed by atoms with Crippen LogP contribution in [0.4, 0.5) is 0 Å². The molecule has 7 heteroatoms. The number of hydrogen-bond donors (Lipinski definition) is 1. The summed E-state index contributed by atoms with van der Waals surface area (Å²) >= 11 is 0. The maximum absolute atomic E-state index is 12.8.